The van der Waals surface area contributed by atoms with E-state index in [2.05, 4.69) is 4.98 Å². The highest BCUT2D eigenvalue weighted by Gasteiger charge is 2.21. The van der Waals surface area contributed by atoms with Crippen LogP contribution in [0.1, 0.15) is 10.4 Å². The van der Waals surface area contributed by atoms with Crippen molar-refractivity contribution >= 4 is 12.3 Å². The van der Waals surface area contributed by atoms with Crippen LogP contribution < -0.4 is 4.74 Å². The maximum Gasteiger partial charge on any atom is 0.255 e. The Labute approximate surface area is 105 Å². The van der Waals surface area contributed by atoms with Crippen molar-refractivity contribution in [2.75, 3.05) is 33.3 Å². The van der Waals surface area contributed by atoms with Crippen molar-refractivity contribution in [2.24, 2.45) is 0 Å². The summed E-state index contributed by atoms with van der Waals surface area (Å²) in [4.78, 5) is 30.1. The molecule has 0 spiro atoms. The molecule has 0 N–H and O–H groups in total. The molecule has 1 aliphatic heterocycles. The highest BCUT2D eigenvalue weighted by molar-refractivity contribution is 5.94. The minimum Gasteiger partial charge on any atom is -0.481 e. The first-order valence-electron chi connectivity index (χ1n) is 5.73. The average Bonchev–Trinajstić information content (AvgIpc) is 2.47. The number of nitrogens with zero attached hydrogens (tertiary/aromatic N) is 3. The molecule has 1 aliphatic rings. The number of carbonyl (C=O) groups excluding carboxylic acids is 2. The molecule has 0 atom stereocenters. The zero-order valence-electron chi connectivity index (χ0n) is 10.2. The van der Waals surface area contributed by atoms with E-state index in [9.17, 15) is 9.59 Å². The van der Waals surface area contributed by atoms with E-state index in [1.807, 2.05) is 0 Å². The van der Waals surface area contributed by atoms with Gasteiger partial charge in [0.05, 0.1) is 12.7 Å². The fourth-order valence-electron chi connectivity index (χ4n) is 1.84. The minimum atomic E-state index is -0.0595. The molecule has 0 bridgehead atoms. The lowest BCUT2D eigenvalue weighted by atomic mass is 10.2. The Morgan fingerprint density at radius 1 is 1.33 bits per heavy atom. The first-order chi connectivity index (χ1) is 8.74. The summed E-state index contributed by atoms with van der Waals surface area (Å²) in [6.07, 6.45) is 2.32. The maximum atomic E-state index is 12.1. The number of hydrogen-bond acceptors (Lipinski definition) is 4. The predicted molar refractivity (Wildman–Crippen MR) is 64.3 cm³/mol. The topological polar surface area (TPSA) is 62.7 Å². The monoisotopic (exact) mass is 249 g/mol. The zero-order chi connectivity index (χ0) is 13.0. The molecule has 1 aromatic rings. The Hall–Kier alpha value is -2.11. The standard InChI is InChI=1S/C12H15N3O3/c1-18-11-3-2-10(8-13-11)12(17)15-6-4-14(9-16)5-7-15/h2-3,8-9H,4-7H2,1H3. The van der Waals surface area contributed by atoms with Crippen molar-refractivity contribution in [1.82, 2.24) is 14.8 Å². The van der Waals surface area contributed by atoms with Gasteiger partial charge in [-0.05, 0) is 6.07 Å². The lowest BCUT2D eigenvalue weighted by molar-refractivity contribution is -0.119. The van der Waals surface area contributed by atoms with Crippen molar-refractivity contribution in [3.8, 4) is 5.88 Å². The van der Waals surface area contributed by atoms with Crippen LogP contribution in [-0.4, -0.2) is 60.4 Å². The van der Waals surface area contributed by atoms with Crippen LogP contribution in [0.25, 0.3) is 0 Å². The highest BCUT2D eigenvalue weighted by atomic mass is 16.5. The number of ether oxygens (including phenoxy) is 1. The average molecular weight is 249 g/mol. The van der Waals surface area contributed by atoms with Gasteiger partial charge in [0.1, 0.15) is 0 Å². The van der Waals surface area contributed by atoms with E-state index in [-0.39, 0.29) is 5.91 Å². The molecule has 0 saturated carbocycles. The summed E-state index contributed by atoms with van der Waals surface area (Å²) in [5.74, 6) is 0.424. The lowest BCUT2D eigenvalue weighted by Gasteiger charge is -2.32. The summed E-state index contributed by atoms with van der Waals surface area (Å²) in [6, 6.07) is 3.36. The van der Waals surface area contributed by atoms with E-state index in [1.165, 1.54) is 13.3 Å². The molecule has 2 amide bonds. The minimum absolute atomic E-state index is 0.0595. The number of aromatic nitrogens is 1. The number of pyridine rings is 1. The molecule has 6 heteroatoms. The van der Waals surface area contributed by atoms with Crippen LogP contribution in [0.2, 0.25) is 0 Å². The molecule has 96 valence electrons. The smallest absolute Gasteiger partial charge is 0.255 e. The van der Waals surface area contributed by atoms with Gasteiger partial charge in [-0.1, -0.05) is 0 Å². The summed E-state index contributed by atoms with van der Waals surface area (Å²) in [7, 11) is 1.53. The molecule has 18 heavy (non-hydrogen) atoms. The fraction of sp³-hybridized carbons (Fsp3) is 0.417. The molecule has 0 aliphatic carbocycles. The zero-order valence-corrected chi connectivity index (χ0v) is 10.2. The number of carbonyl (C=O) groups is 2. The van der Waals surface area contributed by atoms with Crippen molar-refractivity contribution in [3.05, 3.63) is 23.9 Å². The molecule has 1 aromatic heterocycles. The van der Waals surface area contributed by atoms with E-state index in [0.29, 0.717) is 37.6 Å². The van der Waals surface area contributed by atoms with E-state index < -0.39 is 0 Å². The Balaban J connectivity index is 2.00. The van der Waals surface area contributed by atoms with Crippen LogP contribution in [-0.2, 0) is 4.79 Å². The van der Waals surface area contributed by atoms with Gasteiger partial charge in [-0.3, -0.25) is 9.59 Å². The van der Waals surface area contributed by atoms with Crippen LogP contribution in [0.4, 0.5) is 0 Å². The maximum absolute atomic E-state index is 12.1. The van der Waals surface area contributed by atoms with Gasteiger partial charge < -0.3 is 14.5 Å². The Bertz CT molecular complexity index is 425. The van der Waals surface area contributed by atoms with Crippen molar-refractivity contribution in [3.63, 3.8) is 0 Å². The Morgan fingerprint density at radius 3 is 2.56 bits per heavy atom. The normalized spacial score (nSPS) is 15.4. The predicted octanol–water partition coefficient (Wildman–Crippen LogP) is 0.00440. The van der Waals surface area contributed by atoms with Crippen LogP contribution >= 0.6 is 0 Å². The van der Waals surface area contributed by atoms with Crippen molar-refractivity contribution in [2.45, 2.75) is 0 Å². The van der Waals surface area contributed by atoms with Gasteiger partial charge in [-0.2, -0.15) is 0 Å². The summed E-state index contributed by atoms with van der Waals surface area (Å²) in [5.41, 5.74) is 0.537. The third-order valence-corrected chi connectivity index (χ3v) is 2.94. The summed E-state index contributed by atoms with van der Waals surface area (Å²) in [6.45, 7) is 2.28. The molecule has 1 saturated heterocycles. The highest BCUT2D eigenvalue weighted by Crippen LogP contribution is 2.10. The summed E-state index contributed by atoms with van der Waals surface area (Å²) >= 11 is 0. The van der Waals surface area contributed by atoms with Crippen LogP contribution in [0.3, 0.4) is 0 Å². The van der Waals surface area contributed by atoms with Gasteiger partial charge in [-0.25, -0.2) is 4.98 Å². The van der Waals surface area contributed by atoms with Crippen LogP contribution in [0, 0.1) is 0 Å². The van der Waals surface area contributed by atoms with E-state index in [0.717, 1.165) is 6.41 Å². The van der Waals surface area contributed by atoms with E-state index in [1.54, 1.807) is 21.9 Å². The Morgan fingerprint density at radius 2 is 2.06 bits per heavy atom. The van der Waals surface area contributed by atoms with Gasteiger partial charge in [0, 0.05) is 38.4 Å². The number of piperazine rings is 1. The molecular formula is C12H15N3O3. The molecule has 6 nitrogen and oxygen atoms in total. The SMILES string of the molecule is COc1ccc(C(=O)N2CCN(C=O)CC2)cn1. The molecule has 1 fully saturated rings. The number of methoxy groups -OCH3 is 1. The van der Waals surface area contributed by atoms with Gasteiger partial charge >= 0.3 is 0 Å². The van der Waals surface area contributed by atoms with Gasteiger partial charge in [-0.15, -0.1) is 0 Å². The summed E-state index contributed by atoms with van der Waals surface area (Å²) in [5, 5.41) is 0. The van der Waals surface area contributed by atoms with Crippen LogP contribution in [0.5, 0.6) is 5.88 Å². The lowest BCUT2D eigenvalue weighted by Crippen LogP contribution is -2.48. The van der Waals surface area contributed by atoms with Gasteiger partial charge in [0.25, 0.3) is 5.91 Å². The number of rotatable bonds is 3. The first-order valence-corrected chi connectivity index (χ1v) is 5.73. The fourth-order valence-corrected chi connectivity index (χ4v) is 1.84. The molecular weight excluding hydrogens is 234 g/mol. The summed E-state index contributed by atoms with van der Waals surface area (Å²) < 4.78 is 4.94. The largest absolute Gasteiger partial charge is 0.481 e. The Kier molecular flexibility index (Phi) is 3.76. The van der Waals surface area contributed by atoms with Gasteiger partial charge in [0.2, 0.25) is 12.3 Å². The van der Waals surface area contributed by atoms with Gasteiger partial charge in [0.15, 0.2) is 0 Å². The second-order valence-corrected chi connectivity index (χ2v) is 4.02. The van der Waals surface area contributed by atoms with Crippen molar-refractivity contribution in [1.29, 1.82) is 0 Å². The molecule has 0 radical (unpaired) electrons. The van der Waals surface area contributed by atoms with Crippen LogP contribution in [0.15, 0.2) is 18.3 Å². The van der Waals surface area contributed by atoms with E-state index in [4.69, 9.17) is 4.74 Å². The second kappa shape index (κ2) is 5.48. The molecule has 0 unspecified atom stereocenters. The molecule has 2 rings (SSSR count). The number of amides is 2. The number of hydrogen-bond donors (Lipinski definition) is 0. The third kappa shape index (κ3) is 2.58. The molecule has 2 heterocycles. The first kappa shape index (κ1) is 12.3. The quantitative estimate of drug-likeness (QED) is 0.708. The van der Waals surface area contributed by atoms with E-state index >= 15 is 0 Å². The third-order valence-electron chi connectivity index (χ3n) is 2.94. The molecule has 0 aromatic carbocycles. The van der Waals surface area contributed by atoms with Crippen molar-refractivity contribution < 1.29 is 14.3 Å². The second-order valence-electron chi connectivity index (χ2n) is 4.02.